The molecular formula is C27H40ClF3N8O2. The second-order valence-corrected chi connectivity index (χ2v) is 10.9. The number of nitro benzene ring substituents is 1. The van der Waals surface area contributed by atoms with Crippen LogP contribution in [-0.2, 0) is 6.18 Å². The molecule has 2 saturated heterocycles. The summed E-state index contributed by atoms with van der Waals surface area (Å²) >= 11 is 6.28. The lowest BCUT2D eigenvalue weighted by Crippen LogP contribution is -2.52. The number of rotatable bonds is 5. The molecule has 14 heteroatoms. The predicted molar refractivity (Wildman–Crippen MR) is 161 cm³/mol. The predicted octanol–water partition coefficient (Wildman–Crippen LogP) is 4.76. The minimum atomic E-state index is -4.69. The lowest BCUT2D eigenvalue weighted by molar-refractivity contribution is -0.384. The van der Waals surface area contributed by atoms with Crippen molar-refractivity contribution in [1.82, 2.24) is 9.80 Å². The zero-order chi connectivity index (χ0) is 30.6. The molecule has 0 aromatic heterocycles. The van der Waals surface area contributed by atoms with Crippen molar-refractivity contribution in [1.29, 1.82) is 0 Å². The number of benzene rings is 2. The minimum absolute atomic E-state index is 0.0937. The number of likely N-dealkylation sites (N-methyl/N-ethyl adjacent to an activating group) is 2. The van der Waals surface area contributed by atoms with Gasteiger partial charge in [-0.15, -0.1) is 0 Å². The van der Waals surface area contributed by atoms with Crippen LogP contribution in [0.25, 0.3) is 0 Å². The Morgan fingerprint density at radius 1 is 0.854 bits per heavy atom. The van der Waals surface area contributed by atoms with Crippen LogP contribution < -0.4 is 27.0 Å². The first-order valence-electron chi connectivity index (χ1n) is 13.6. The van der Waals surface area contributed by atoms with Crippen LogP contribution in [0.1, 0.15) is 33.3 Å². The minimum Gasteiger partial charge on any atom is -0.397 e. The van der Waals surface area contributed by atoms with Crippen LogP contribution in [-0.4, -0.2) is 79.2 Å². The zero-order valence-corrected chi connectivity index (χ0v) is 24.7. The Kier molecular flexibility index (Phi) is 10.4. The molecule has 2 fully saturated rings. The molecule has 41 heavy (non-hydrogen) atoms. The highest BCUT2D eigenvalue weighted by atomic mass is 35.5. The molecule has 0 saturated carbocycles. The molecule has 10 nitrogen and oxygen atoms in total. The summed E-state index contributed by atoms with van der Waals surface area (Å²) in [7, 11) is 0. The highest BCUT2D eigenvalue weighted by molar-refractivity contribution is 6.33. The Morgan fingerprint density at radius 3 is 1.76 bits per heavy atom. The number of halogens is 4. The first kappa shape index (κ1) is 32.4. The largest absolute Gasteiger partial charge is 0.418 e. The fraction of sp³-hybridized carbons (Fsp3) is 0.556. The van der Waals surface area contributed by atoms with Crippen LogP contribution >= 0.6 is 11.6 Å². The fourth-order valence-corrected chi connectivity index (χ4v) is 5.67. The zero-order valence-electron chi connectivity index (χ0n) is 23.9. The molecular weight excluding hydrogens is 561 g/mol. The van der Waals surface area contributed by atoms with Gasteiger partial charge in [0, 0.05) is 57.4 Å². The summed E-state index contributed by atoms with van der Waals surface area (Å²) in [5.41, 5.74) is 17.3. The van der Waals surface area contributed by atoms with Crippen LogP contribution in [0, 0.1) is 10.1 Å². The van der Waals surface area contributed by atoms with Gasteiger partial charge in [-0.3, -0.25) is 19.9 Å². The topological polar surface area (TPSA) is 134 Å². The van der Waals surface area contributed by atoms with Crippen molar-refractivity contribution in [3.8, 4) is 0 Å². The normalized spacial score (nSPS) is 20.5. The van der Waals surface area contributed by atoms with Crippen LogP contribution in [0.2, 0.25) is 5.02 Å². The van der Waals surface area contributed by atoms with Crippen LogP contribution in [0.15, 0.2) is 24.3 Å². The summed E-state index contributed by atoms with van der Waals surface area (Å²) in [6.45, 7) is 14.9. The third-order valence-corrected chi connectivity index (χ3v) is 8.04. The van der Waals surface area contributed by atoms with E-state index in [2.05, 4.69) is 28.5 Å². The molecule has 2 aliphatic heterocycles. The highest BCUT2D eigenvalue weighted by Crippen LogP contribution is 2.42. The lowest BCUT2D eigenvalue weighted by atomic mass is 10.1. The van der Waals surface area contributed by atoms with Gasteiger partial charge >= 0.3 is 6.18 Å². The fourth-order valence-electron chi connectivity index (χ4n) is 5.39. The van der Waals surface area contributed by atoms with Gasteiger partial charge in [0.1, 0.15) is 5.69 Å². The summed E-state index contributed by atoms with van der Waals surface area (Å²) in [5.74, 6) is 0. The van der Waals surface area contributed by atoms with E-state index in [0.29, 0.717) is 48.1 Å². The maximum Gasteiger partial charge on any atom is 0.418 e. The first-order chi connectivity index (χ1) is 19.2. The van der Waals surface area contributed by atoms with E-state index in [1.54, 1.807) is 11.0 Å². The van der Waals surface area contributed by atoms with E-state index in [-0.39, 0.29) is 17.4 Å². The van der Waals surface area contributed by atoms with E-state index < -0.39 is 22.4 Å². The average molecular weight is 601 g/mol. The Balaban J connectivity index is 0.000000232. The third-order valence-electron chi connectivity index (χ3n) is 7.74. The molecule has 2 aromatic carbocycles. The van der Waals surface area contributed by atoms with E-state index in [1.807, 2.05) is 19.9 Å². The number of nitro groups is 1. The average Bonchev–Trinajstić information content (AvgIpc) is 2.90. The number of nitrogens with zero attached hydrogens (tertiary/aromatic N) is 5. The van der Waals surface area contributed by atoms with Crippen molar-refractivity contribution in [2.24, 2.45) is 0 Å². The SMILES string of the molecule is CCN1CCN(c2cc(N)c(N)cc2Cl)C(C)C1.CCN1CCN(c2cc(N)c([N+](=O)[O-])cc2C(F)(F)F)C(C)C1. The number of nitrogen functional groups attached to an aromatic ring is 3. The molecule has 0 radical (unpaired) electrons. The molecule has 2 unspecified atom stereocenters. The molecule has 0 aliphatic carbocycles. The first-order valence-corrected chi connectivity index (χ1v) is 14.0. The second-order valence-electron chi connectivity index (χ2n) is 10.5. The quantitative estimate of drug-likeness (QED) is 0.252. The standard InChI is InChI=1S/C14H19F3N4O2.C13H21ClN4/c1-3-19-4-5-20(9(2)8-19)12-7-11(18)13(21(22)23)6-10(12)14(15,16)17;1-3-17-4-5-18(9(2)8-17)13-7-12(16)11(15)6-10(13)14/h6-7,9H,3-5,8,18H2,1-2H3;6-7,9H,3-5,8,15-16H2,1-2H3. The summed E-state index contributed by atoms with van der Waals surface area (Å²) in [6, 6.07) is 5.51. The molecule has 4 rings (SSSR count). The third kappa shape index (κ3) is 7.57. The van der Waals surface area contributed by atoms with Crippen molar-refractivity contribution in [2.45, 2.75) is 46.0 Å². The number of piperazine rings is 2. The monoisotopic (exact) mass is 600 g/mol. The maximum absolute atomic E-state index is 13.3. The van der Waals surface area contributed by atoms with Crippen molar-refractivity contribution < 1.29 is 18.1 Å². The van der Waals surface area contributed by atoms with E-state index in [4.69, 9.17) is 28.8 Å². The summed E-state index contributed by atoms with van der Waals surface area (Å²) in [5, 5.41) is 11.6. The number of hydrogen-bond donors (Lipinski definition) is 3. The molecule has 2 aromatic rings. The second kappa shape index (κ2) is 13.2. The smallest absolute Gasteiger partial charge is 0.397 e. The Bertz CT molecular complexity index is 1230. The van der Waals surface area contributed by atoms with E-state index in [0.717, 1.165) is 44.5 Å². The van der Waals surface area contributed by atoms with Crippen molar-refractivity contribution in [2.75, 3.05) is 79.4 Å². The van der Waals surface area contributed by atoms with Gasteiger partial charge in [0.05, 0.1) is 38.3 Å². The Labute approximate surface area is 243 Å². The molecule has 2 heterocycles. The van der Waals surface area contributed by atoms with Gasteiger partial charge in [0.25, 0.3) is 5.69 Å². The number of nitrogens with two attached hydrogens (primary N) is 3. The van der Waals surface area contributed by atoms with Crippen LogP contribution in [0.3, 0.4) is 0 Å². The van der Waals surface area contributed by atoms with Gasteiger partial charge in [-0.1, -0.05) is 25.4 Å². The van der Waals surface area contributed by atoms with Crippen molar-refractivity contribution >= 4 is 45.7 Å². The summed E-state index contributed by atoms with van der Waals surface area (Å²) in [6.07, 6.45) is -4.69. The summed E-state index contributed by atoms with van der Waals surface area (Å²) in [4.78, 5) is 18.5. The number of anilines is 5. The van der Waals surface area contributed by atoms with Crippen molar-refractivity contribution in [3.05, 3.63) is 45.0 Å². The molecule has 0 amide bonds. The van der Waals surface area contributed by atoms with Gasteiger partial charge < -0.3 is 27.0 Å². The molecule has 2 aliphatic rings. The Hall–Kier alpha value is -3.16. The van der Waals surface area contributed by atoms with Gasteiger partial charge in [0.15, 0.2) is 0 Å². The highest BCUT2D eigenvalue weighted by Gasteiger charge is 2.39. The summed E-state index contributed by atoms with van der Waals surface area (Å²) < 4.78 is 40.0. The molecule has 2 atom stereocenters. The lowest BCUT2D eigenvalue weighted by Gasteiger charge is -2.41. The molecule has 0 spiro atoms. The van der Waals surface area contributed by atoms with E-state index >= 15 is 0 Å². The van der Waals surface area contributed by atoms with Crippen LogP contribution in [0.5, 0.6) is 0 Å². The number of hydrogen-bond acceptors (Lipinski definition) is 9. The molecule has 0 bridgehead atoms. The molecule has 228 valence electrons. The van der Waals surface area contributed by atoms with Gasteiger partial charge in [0.2, 0.25) is 0 Å². The van der Waals surface area contributed by atoms with Crippen LogP contribution in [0.4, 0.5) is 47.3 Å². The van der Waals surface area contributed by atoms with Crippen molar-refractivity contribution in [3.63, 3.8) is 0 Å². The number of alkyl halides is 3. The van der Waals surface area contributed by atoms with E-state index in [1.165, 1.54) is 0 Å². The van der Waals surface area contributed by atoms with E-state index in [9.17, 15) is 23.3 Å². The molecule has 6 N–H and O–H groups in total. The van der Waals surface area contributed by atoms with Gasteiger partial charge in [-0.05, 0) is 45.1 Å². The van der Waals surface area contributed by atoms with Gasteiger partial charge in [-0.2, -0.15) is 13.2 Å². The Morgan fingerprint density at radius 2 is 1.32 bits per heavy atom. The van der Waals surface area contributed by atoms with Gasteiger partial charge in [-0.25, -0.2) is 0 Å². The maximum atomic E-state index is 13.3.